The largest absolute Gasteiger partial charge is 0.393 e. The van der Waals surface area contributed by atoms with Crippen molar-refractivity contribution in [1.82, 2.24) is 0 Å². The third-order valence-electron chi connectivity index (χ3n) is 1.03. The Bertz CT molecular complexity index is 131. The minimum absolute atomic E-state index is 0.307. The fraction of sp³-hybridized carbons (Fsp3) is 1.00. The lowest BCUT2D eigenvalue weighted by atomic mass is 10.2. The molecule has 0 amide bonds. The predicted molar refractivity (Wildman–Crippen MR) is 36.1 cm³/mol. The van der Waals surface area contributed by atoms with Crippen LogP contribution in [0.1, 0.15) is 19.8 Å². The lowest BCUT2D eigenvalue weighted by molar-refractivity contribution is 0.127. The van der Waals surface area contributed by atoms with Crippen molar-refractivity contribution in [2.24, 2.45) is 5.11 Å². The lowest BCUT2D eigenvalue weighted by Crippen LogP contribution is -2.07. The molecular formula is C5H11N3O2. The van der Waals surface area contributed by atoms with Gasteiger partial charge in [0.15, 0.2) is 0 Å². The van der Waals surface area contributed by atoms with Crippen LogP contribution in [0.5, 0.6) is 0 Å². The topological polar surface area (TPSA) is 89.2 Å². The van der Waals surface area contributed by atoms with Gasteiger partial charge in [-0.2, -0.15) is 0 Å². The Labute approximate surface area is 58.9 Å². The molecule has 5 heteroatoms. The molecule has 2 atom stereocenters. The highest BCUT2D eigenvalue weighted by Gasteiger charge is 2.02. The molecule has 2 unspecified atom stereocenters. The van der Waals surface area contributed by atoms with Crippen LogP contribution >= 0.6 is 0 Å². The smallest absolute Gasteiger partial charge is 0.133 e. The molecule has 0 aliphatic heterocycles. The number of nitrogens with zero attached hydrogens (tertiary/aromatic N) is 3. The van der Waals surface area contributed by atoms with E-state index in [1.165, 1.54) is 0 Å². The molecule has 0 fully saturated rings. The molecule has 0 bridgehead atoms. The van der Waals surface area contributed by atoms with E-state index in [9.17, 15) is 0 Å². The summed E-state index contributed by atoms with van der Waals surface area (Å²) in [5.74, 6) is 0. The Morgan fingerprint density at radius 2 is 2.10 bits per heavy atom. The first-order chi connectivity index (χ1) is 4.66. The highest BCUT2D eigenvalue weighted by atomic mass is 16.3. The van der Waals surface area contributed by atoms with Gasteiger partial charge in [0, 0.05) is 4.91 Å². The zero-order valence-corrected chi connectivity index (χ0v) is 5.80. The van der Waals surface area contributed by atoms with E-state index in [0.717, 1.165) is 0 Å². The number of azide groups is 1. The van der Waals surface area contributed by atoms with E-state index in [2.05, 4.69) is 10.0 Å². The van der Waals surface area contributed by atoms with E-state index in [4.69, 9.17) is 15.7 Å². The molecule has 0 heterocycles. The van der Waals surface area contributed by atoms with Gasteiger partial charge in [-0.05, 0) is 25.3 Å². The van der Waals surface area contributed by atoms with E-state index in [1.807, 2.05) is 0 Å². The van der Waals surface area contributed by atoms with Crippen LogP contribution in [0.2, 0.25) is 0 Å². The van der Waals surface area contributed by atoms with Crippen molar-refractivity contribution < 1.29 is 10.2 Å². The quantitative estimate of drug-likeness (QED) is 0.347. The number of aliphatic hydroxyl groups excluding tert-OH is 2. The summed E-state index contributed by atoms with van der Waals surface area (Å²) in [7, 11) is 0. The fourth-order valence-corrected chi connectivity index (χ4v) is 0.508. The third-order valence-corrected chi connectivity index (χ3v) is 1.03. The van der Waals surface area contributed by atoms with Crippen molar-refractivity contribution in [3.8, 4) is 0 Å². The van der Waals surface area contributed by atoms with Crippen LogP contribution < -0.4 is 0 Å². The first-order valence-electron chi connectivity index (χ1n) is 3.07. The highest BCUT2D eigenvalue weighted by Crippen LogP contribution is 2.01. The van der Waals surface area contributed by atoms with Gasteiger partial charge in [0.25, 0.3) is 0 Å². The van der Waals surface area contributed by atoms with Crippen LogP contribution in [0, 0.1) is 0 Å². The zero-order chi connectivity index (χ0) is 7.98. The second-order valence-electron chi connectivity index (χ2n) is 2.11. The van der Waals surface area contributed by atoms with Crippen LogP contribution in [0.25, 0.3) is 10.4 Å². The second kappa shape index (κ2) is 5.05. The number of hydrogen-bond donors (Lipinski definition) is 2. The average molecular weight is 145 g/mol. The first kappa shape index (κ1) is 9.23. The van der Waals surface area contributed by atoms with E-state index < -0.39 is 12.3 Å². The average Bonchev–Trinajstić information content (AvgIpc) is 1.85. The molecular weight excluding hydrogens is 134 g/mol. The number of aliphatic hydroxyl groups is 2. The molecule has 58 valence electrons. The lowest BCUT2D eigenvalue weighted by Gasteiger charge is -2.04. The number of hydrogen-bond acceptors (Lipinski definition) is 3. The van der Waals surface area contributed by atoms with Gasteiger partial charge in [-0.25, -0.2) is 0 Å². The summed E-state index contributed by atoms with van der Waals surface area (Å²) in [6.45, 7) is 1.61. The predicted octanol–water partition coefficient (Wildman–Crippen LogP) is 0.776. The molecule has 0 aliphatic carbocycles. The maximum atomic E-state index is 8.77. The Hall–Kier alpha value is -0.770. The maximum Gasteiger partial charge on any atom is 0.133 e. The van der Waals surface area contributed by atoms with Crippen LogP contribution in [0.15, 0.2) is 5.11 Å². The molecule has 10 heavy (non-hydrogen) atoms. The molecule has 0 aliphatic rings. The normalized spacial score (nSPS) is 15.5. The molecule has 0 saturated heterocycles. The summed E-state index contributed by atoms with van der Waals surface area (Å²) in [6.07, 6.45) is -0.704. The molecule has 0 saturated carbocycles. The molecule has 0 aromatic rings. The molecule has 0 aromatic carbocycles. The number of rotatable bonds is 4. The Morgan fingerprint density at radius 1 is 1.50 bits per heavy atom. The monoisotopic (exact) mass is 145 g/mol. The van der Waals surface area contributed by atoms with Crippen molar-refractivity contribution in [3.63, 3.8) is 0 Å². The molecule has 2 N–H and O–H groups in total. The summed E-state index contributed by atoms with van der Waals surface area (Å²) in [5, 5.41) is 20.5. The van der Waals surface area contributed by atoms with E-state index in [1.54, 1.807) is 6.92 Å². The van der Waals surface area contributed by atoms with Gasteiger partial charge in [-0.1, -0.05) is 5.11 Å². The molecule has 5 nitrogen and oxygen atoms in total. The zero-order valence-electron chi connectivity index (χ0n) is 5.80. The van der Waals surface area contributed by atoms with Gasteiger partial charge < -0.3 is 10.2 Å². The van der Waals surface area contributed by atoms with Crippen LogP contribution in [0.4, 0.5) is 0 Å². The summed E-state index contributed by atoms with van der Waals surface area (Å²) < 4.78 is 0. The van der Waals surface area contributed by atoms with Crippen molar-refractivity contribution in [1.29, 1.82) is 0 Å². The molecule has 0 spiro atoms. The summed E-state index contributed by atoms with van der Waals surface area (Å²) in [4.78, 5) is 2.41. The van der Waals surface area contributed by atoms with Gasteiger partial charge in [0.1, 0.15) is 6.23 Å². The van der Waals surface area contributed by atoms with Crippen molar-refractivity contribution in [2.75, 3.05) is 0 Å². The summed E-state index contributed by atoms with van der Waals surface area (Å²) >= 11 is 0. The first-order valence-corrected chi connectivity index (χ1v) is 3.07. The van der Waals surface area contributed by atoms with Gasteiger partial charge in [0.2, 0.25) is 0 Å². The van der Waals surface area contributed by atoms with Gasteiger partial charge in [0.05, 0.1) is 6.10 Å². The van der Waals surface area contributed by atoms with E-state index >= 15 is 0 Å². The second-order valence-corrected chi connectivity index (χ2v) is 2.11. The van der Waals surface area contributed by atoms with Crippen molar-refractivity contribution in [2.45, 2.75) is 32.1 Å². The van der Waals surface area contributed by atoms with Gasteiger partial charge in [-0.3, -0.25) is 0 Å². The van der Waals surface area contributed by atoms with Crippen LogP contribution in [0.3, 0.4) is 0 Å². The fourth-order valence-electron chi connectivity index (χ4n) is 0.508. The Kier molecular flexibility index (Phi) is 4.66. The minimum Gasteiger partial charge on any atom is -0.393 e. The van der Waals surface area contributed by atoms with Crippen molar-refractivity contribution in [3.05, 3.63) is 10.4 Å². The molecule has 0 aromatic heterocycles. The maximum absolute atomic E-state index is 8.77. The SMILES string of the molecule is CC(O)CCC(O)N=[N+]=[N-]. The van der Waals surface area contributed by atoms with E-state index in [-0.39, 0.29) is 0 Å². The van der Waals surface area contributed by atoms with Crippen LogP contribution in [-0.4, -0.2) is 22.5 Å². The summed E-state index contributed by atoms with van der Waals surface area (Å²) in [5.41, 5.74) is 7.84. The highest BCUT2D eigenvalue weighted by molar-refractivity contribution is 4.56. The van der Waals surface area contributed by atoms with Gasteiger partial charge >= 0.3 is 0 Å². The standard InChI is InChI=1S/C5H11N3O2/c1-4(9)2-3-5(10)7-8-6/h4-5,9-10H,2-3H2,1H3. The van der Waals surface area contributed by atoms with Crippen LogP contribution in [-0.2, 0) is 0 Å². The van der Waals surface area contributed by atoms with E-state index in [0.29, 0.717) is 12.8 Å². The molecule has 0 radical (unpaired) electrons. The summed E-state index contributed by atoms with van der Waals surface area (Å²) in [6, 6.07) is 0. The Balaban J connectivity index is 3.39. The van der Waals surface area contributed by atoms with Gasteiger partial charge in [-0.15, -0.1) is 0 Å². The van der Waals surface area contributed by atoms with Crippen molar-refractivity contribution >= 4 is 0 Å². The minimum atomic E-state index is -1.00. The third kappa shape index (κ3) is 5.37. The Morgan fingerprint density at radius 3 is 2.50 bits per heavy atom. The molecule has 0 rings (SSSR count).